The average Bonchev–Trinajstić information content (AvgIpc) is 3.25. The van der Waals surface area contributed by atoms with Crippen molar-refractivity contribution in [2.45, 2.75) is 38.3 Å². The maximum absolute atomic E-state index is 12.7. The van der Waals surface area contributed by atoms with Gasteiger partial charge < -0.3 is 20.1 Å². The molecule has 2 aliphatic rings. The van der Waals surface area contributed by atoms with Crippen LogP contribution in [-0.2, 0) is 20.7 Å². The van der Waals surface area contributed by atoms with Crippen LogP contribution in [-0.4, -0.2) is 66.3 Å². The first-order valence-corrected chi connectivity index (χ1v) is 13.3. The number of ether oxygens (including phenoxy) is 1. The lowest BCUT2D eigenvalue weighted by Crippen LogP contribution is -2.52. The molecule has 1 atom stereocenters. The van der Waals surface area contributed by atoms with E-state index in [0.717, 1.165) is 40.0 Å². The molecule has 1 fully saturated rings. The average molecular weight is 528 g/mol. The van der Waals surface area contributed by atoms with Gasteiger partial charge in [0.15, 0.2) is 0 Å². The summed E-state index contributed by atoms with van der Waals surface area (Å²) in [7, 11) is 0. The molecule has 1 saturated heterocycles. The standard InChI is InChI=1S/C31H33N3O5/c1-20(2)33-15-16-34(29(35)18-33)22-13-11-21(12-14-22)17-28(30(36)37)32-31(38)39-19-27-25-9-5-3-7-23(25)24-8-4-6-10-26(24)27/h3-14,20,27-28H,15-19H2,1-2H3,(H,32,38)(H,36,37). The van der Waals surface area contributed by atoms with Crippen molar-refractivity contribution in [3.8, 4) is 11.1 Å². The minimum Gasteiger partial charge on any atom is -0.480 e. The van der Waals surface area contributed by atoms with Crippen LogP contribution >= 0.6 is 0 Å². The number of fused-ring (bicyclic) bond motifs is 3. The zero-order chi connectivity index (χ0) is 27.5. The highest BCUT2D eigenvalue weighted by atomic mass is 16.5. The predicted molar refractivity (Wildman–Crippen MR) is 149 cm³/mol. The second kappa shape index (κ2) is 11.3. The number of amides is 2. The maximum Gasteiger partial charge on any atom is 0.407 e. The summed E-state index contributed by atoms with van der Waals surface area (Å²) in [6.45, 7) is 6.05. The Morgan fingerprint density at radius 1 is 0.949 bits per heavy atom. The second-order valence-corrected chi connectivity index (χ2v) is 10.3. The van der Waals surface area contributed by atoms with Gasteiger partial charge in [0.2, 0.25) is 5.91 Å². The van der Waals surface area contributed by atoms with Crippen molar-refractivity contribution in [3.05, 3.63) is 89.5 Å². The summed E-state index contributed by atoms with van der Waals surface area (Å²) in [4.78, 5) is 41.1. The fourth-order valence-corrected chi connectivity index (χ4v) is 5.44. The highest BCUT2D eigenvalue weighted by Crippen LogP contribution is 2.44. The Hall–Kier alpha value is -4.17. The Bertz CT molecular complexity index is 1330. The molecule has 0 spiro atoms. The normalized spacial score (nSPS) is 16.1. The van der Waals surface area contributed by atoms with Gasteiger partial charge in [0.1, 0.15) is 12.6 Å². The summed E-state index contributed by atoms with van der Waals surface area (Å²) in [5, 5.41) is 12.3. The van der Waals surface area contributed by atoms with Crippen LogP contribution in [0.1, 0.15) is 36.5 Å². The lowest BCUT2D eigenvalue weighted by Gasteiger charge is -2.36. The molecule has 2 N–H and O–H groups in total. The van der Waals surface area contributed by atoms with Crippen LogP contribution in [0.25, 0.3) is 11.1 Å². The molecule has 8 nitrogen and oxygen atoms in total. The first-order chi connectivity index (χ1) is 18.8. The molecule has 3 aromatic carbocycles. The molecular formula is C31H33N3O5. The third kappa shape index (κ3) is 5.66. The zero-order valence-electron chi connectivity index (χ0n) is 22.2. The molecule has 202 valence electrons. The lowest BCUT2D eigenvalue weighted by molar-refractivity contribution is -0.139. The number of hydrogen-bond acceptors (Lipinski definition) is 5. The number of carbonyl (C=O) groups is 3. The summed E-state index contributed by atoms with van der Waals surface area (Å²) in [6.07, 6.45) is -0.677. The number of carboxylic acids is 1. The number of carboxylic acid groups (broad SMARTS) is 1. The van der Waals surface area contributed by atoms with Gasteiger partial charge in [0, 0.05) is 37.2 Å². The van der Waals surface area contributed by atoms with Crippen LogP contribution in [0.15, 0.2) is 72.8 Å². The quantitative estimate of drug-likeness (QED) is 0.454. The van der Waals surface area contributed by atoms with E-state index in [1.807, 2.05) is 48.5 Å². The number of aliphatic carboxylic acids is 1. The van der Waals surface area contributed by atoms with Gasteiger partial charge in [-0.2, -0.15) is 0 Å². The molecule has 0 saturated carbocycles. The largest absolute Gasteiger partial charge is 0.480 e. The van der Waals surface area contributed by atoms with Gasteiger partial charge in [-0.05, 0) is 53.8 Å². The van der Waals surface area contributed by atoms with E-state index >= 15 is 0 Å². The van der Waals surface area contributed by atoms with Gasteiger partial charge in [0.25, 0.3) is 0 Å². The second-order valence-electron chi connectivity index (χ2n) is 10.3. The number of alkyl carbamates (subject to hydrolysis) is 1. The smallest absolute Gasteiger partial charge is 0.407 e. The third-order valence-electron chi connectivity index (χ3n) is 7.60. The molecule has 2 amide bonds. The van der Waals surface area contributed by atoms with Crippen LogP contribution in [0, 0.1) is 0 Å². The minimum atomic E-state index is -1.15. The van der Waals surface area contributed by atoms with Crippen LogP contribution in [0.3, 0.4) is 0 Å². The van der Waals surface area contributed by atoms with E-state index in [-0.39, 0.29) is 24.9 Å². The molecule has 0 bridgehead atoms. The van der Waals surface area contributed by atoms with Crippen molar-refractivity contribution in [1.82, 2.24) is 10.2 Å². The van der Waals surface area contributed by atoms with Crippen molar-refractivity contribution >= 4 is 23.7 Å². The number of nitrogens with zero attached hydrogens (tertiary/aromatic N) is 2. The van der Waals surface area contributed by atoms with Gasteiger partial charge in [0.05, 0.1) is 6.54 Å². The SMILES string of the molecule is CC(C)N1CCN(c2ccc(CC(NC(=O)OCC3c4ccccc4-c4ccccc43)C(=O)O)cc2)C(=O)C1. The summed E-state index contributed by atoms with van der Waals surface area (Å²) in [5.41, 5.74) is 5.94. The predicted octanol–water partition coefficient (Wildman–Crippen LogP) is 4.28. The first kappa shape index (κ1) is 26.4. The van der Waals surface area contributed by atoms with Crippen molar-refractivity contribution in [1.29, 1.82) is 0 Å². The van der Waals surface area contributed by atoms with Crippen LogP contribution in [0.4, 0.5) is 10.5 Å². The van der Waals surface area contributed by atoms with E-state index in [2.05, 4.69) is 36.2 Å². The molecule has 1 unspecified atom stereocenters. The Morgan fingerprint density at radius 3 is 2.13 bits per heavy atom. The fourth-order valence-electron chi connectivity index (χ4n) is 5.44. The summed E-state index contributed by atoms with van der Waals surface area (Å²) >= 11 is 0. The van der Waals surface area contributed by atoms with Crippen molar-refractivity contribution in [2.24, 2.45) is 0 Å². The van der Waals surface area contributed by atoms with Crippen LogP contribution in [0.2, 0.25) is 0 Å². The minimum absolute atomic E-state index is 0.0445. The number of nitrogens with one attached hydrogen (secondary N) is 1. The number of hydrogen-bond donors (Lipinski definition) is 2. The molecule has 1 aliphatic heterocycles. The number of rotatable bonds is 8. The maximum atomic E-state index is 12.7. The van der Waals surface area contributed by atoms with E-state index < -0.39 is 18.1 Å². The fraction of sp³-hybridized carbons (Fsp3) is 0.323. The number of piperazine rings is 1. The number of anilines is 1. The monoisotopic (exact) mass is 527 g/mol. The Morgan fingerprint density at radius 2 is 1.56 bits per heavy atom. The van der Waals surface area contributed by atoms with Gasteiger partial charge in [-0.3, -0.25) is 9.69 Å². The molecule has 1 aliphatic carbocycles. The van der Waals surface area contributed by atoms with Gasteiger partial charge in [-0.1, -0.05) is 60.7 Å². The Labute approximate surface area is 228 Å². The van der Waals surface area contributed by atoms with E-state index in [9.17, 15) is 19.5 Å². The molecule has 0 aromatic heterocycles. The summed E-state index contributed by atoms with van der Waals surface area (Å²) < 4.78 is 5.53. The Kier molecular flexibility index (Phi) is 7.65. The molecule has 8 heteroatoms. The molecule has 39 heavy (non-hydrogen) atoms. The lowest BCUT2D eigenvalue weighted by atomic mass is 9.98. The topological polar surface area (TPSA) is 99.2 Å². The van der Waals surface area contributed by atoms with Crippen molar-refractivity contribution < 1.29 is 24.2 Å². The first-order valence-electron chi connectivity index (χ1n) is 13.3. The third-order valence-corrected chi connectivity index (χ3v) is 7.60. The van der Waals surface area contributed by atoms with E-state index in [1.54, 1.807) is 17.0 Å². The number of carbonyl (C=O) groups excluding carboxylic acids is 2. The molecule has 1 heterocycles. The molecular weight excluding hydrogens is 494 g/mol. The van der Waals surface area contributed by atoms with E-state index in [1.165, 1.54) is 0 Å². The van der Waals surface area contributed by atoms with Crippen LogP contribution in [0.5, 0.6) is 0 Å². The van der Waals surface area contributed by atoms with Crippen molar-refractivity contribution in [3.63, 3.8) is 0 Å². The summed E-state index contributed by atoms with van der Waals surface area (Å²) in [5.74, 6) is -1.21. The van der Waals surface area contributed by atoms with Gasteiger partial charge in [-0.15, -0.1) is 0 Å². The van der Waals surface area contributed by atoms with Crippen LogP contribution < -0.4 is 10.2 Å². The van der Waals surface area contributed by atoms with Gasteiger partial charge >= 0.3 is 12.1 Å². The van der Waals surface area contributed by atoms with E-state index in [4.69, 9.17) is 4.74 Å². The van der Waals surface area contributed by atoms with E-state index in [0.29, 0.717) is 19.1 Å². The molecule has 0 radical (unpaired) electrons. The zero-order valence-corrected chi connectivity index (χ0v) is 22.2. The summed E-state index contributed by atoms with van der Waals surface area (Å²) in [6, 6.07) is 22.5. The number of benzene rings is 3. The molecule has 3 aromatic rings. The van der Waals surface area contributed by atoms with Gasteiger partial charge in [-0.25, -0.2) is 9.59 Å². The highest BCUT2D eigenvalue weighted by molar-refractivity contribution is 5.95. The highest BCUT2D eigenvalue weighted by Gasteiger charge is 2.30. The Balaban J connectivity index is 1.19. The molecule has 5 rings (SSSR count). The van der Waals surface area contributed by atoms with Crippen molar-refractivity contribution in [2.75, 3.05) is 31.1 Å².